The number of carboxylic acid groups (broad SMARTS) is 1. The molecule has 0 bridgehead atoms. The summed E-state index contributed by atoms with van der Waals surface area (Å²) in [6.07, 6.45) is 0.627. The summed E-state index contributed by atoms with van der Waals surface area (Å²) in [6, 6.07) is 2.76. The largest absolute Gasteiger partial charge is 0.493 e. The summed E-state index contributed by atoms with van der Waals surface area (Å²) in [4.78, 5) is 23.4. The fourth-order valence-electron chi connectivity index (χ4n) is 2.14. The number of rotatable bonds is 5. The molecule has 0 saturated carbocycles. The Kier molecular flexibility index (Phi) is 4.64. The van der Waals surface area contributed by atoms with Crippen molar-refractivity contribution in [3.63, 3.8) is 0 Å². The smallest absolute Gasteiger partial charge is 0.337 e. The lowest BCUT2D eigenvalue weighted by Gasteiger charge is -2.15. The fourth-order valence-corrected chi connectivity index (χ4v) is 2.14. The van der Waals surface area contributed by atoms with Crippen LogP contribution in [0.15, 0.2) is 12.1 Å². The van der Waals surface area contributed by atoms with Gasteiger partial charge < -0.3 is 24.6 Å². The standard InChI is InChI=1S/C14H17NO6/c1-19-11-5-9(14(17)18)10(6-12(11)20-2)15-13(16)8-3-4-21-7-8/h5-6,8H,3-4,7H2,1-2H3,(H,15,16)(H,17,18). The van der Waals surface area contributed by atoms with Crippen LogP contribution in [0.3, 0.4) is 0 Å². The van der Waals surface area contributed by atoms with Gasteiger partial charge in [-0.05, 0) is 6.42 Å². The average molecular weight is 295 g/mol. The van der Waals surface area contributed by atoms with E-state index in [-0.39, 0.29) is 28.8 Å². The summed E-state index contributed by atoms with van der Waals surface area (Å²) in [5.41, 5.74) is 0.122. The van der Waals surface area contributed by atoms with Gasteiger partial charge in [0.25, 0.3) is 0 Å². The molecule has 1 amide bonds. The molecular weight excluding hydrogens is 278 g/mol. The van der Waals surface area contributed by atoms with E-state index in [0.29, 0.717) is 25.4 Å². The van der Waals surface area contributed by atoms with Crippen LogP contribution in [0.1, 0.15) is 16.8 Å². The molecule has 0 radical (unpaired) electrons. The lowest BCUT2D eigenvalue weighted by atomic mass is 10.1. The molecule has 1 fully saturated rings. The van der Waals surface area contributed by atoms with Crippen molar-refractivity contribution in [3.05, 3.63) is 17.7 Å². The summed E-state index contributed by atoms with van der Waals surface area (Å²) in [5, 5.41) is 11.9. The first-order chi connectivity index (χ1) is 10.1. The van der Waals surface area contributed by atoms with Crippen LogP contribution in [0, 0.1) is 5.92 Å². The van der Waals surface area contributed by atoms with E-state index >= 15 is 0 Å². The molecule has 7 heteroatoms. The number of nitrogens with one attached hydrogen (secondary N) is 1. The molecule has 1 aromatic carbocycles. The van der Waals surface area contributed by atoms with Crippen LogP contribution in [0.2, 0.25) is 0 Å². The molecule has 21 heavy (non-hydrogen) atoms. The second kappa shape index (κ2) is 6.45. The zero-order chi connectivity index (χ0) is 15.4. The van der Waals surface area contributed by atoms with Crippen molar-refractivity contribution < 1.29 is 28.9 Å². The van der Waals surface area contributed by atoms with E-state index < -0.39 is 5.97 Å². The predicted octanol–water partition coefficient (Wildman–Crippen LogP) is 1.38. The van der Waals surface area contributed by atoms with Gasteiger partial charge in [-0.1, -0.05) is 0 Å². The van der Waals surface area contributed by atoms with Gasteiger partial charge in [-0.2, -0.15) is 0 Å². The summed E-state index contributed by atoms with van der Waals surface area (Å²) in [7, 11) is 2.85. The molecule has 114 valence electrons. The Morgan fingerprint density at radius 3 is 2.48 bits per heavy atom. The highest BCUT2D eigenvalue weighted by atomic mass is 16.5. The van der Waals surface area contributed by atoms with Crippen molar-refractivity contribution in [3.8, 4) is 11.5 Å². The predicted molar refractivity (Wildman–Crippen MR) is 74.1 cm³/mol. The molecule has 1 unspecified atom stereocenters. The van der Waals surface area contributed by atoms with E-state index in [1.807, 2.05) is 0 Å². The van der Waals surface area contributed by atoms with Crippen LogP contribution >= 0.6 is 0 Å². The lowest BCUT2D eigenvalue weighted by molar-refractivity contribution is -0.119. The fraction of sp³-hybridized carbons (Fsp3) is 0.429. The van der Waals surface area contributed by atoms with Gasteiger partial charge in [-0.25, -0.2) is 4.79 Å². The summed E-state index contributed by atoms with van der Waals surface area (Å²) in [5.74, 6) is -1.05. The van der Waals surface area contributed by atoms with Gasteiger partial charge in [0.15, 0.2) is 11.5 Å². The third-order valence-corrected chi connectivity index (χ3v) is 3.31. The number of ether oxygens (including phenoxy) is 3. The van der Waals surface area contributed by atoms with Crippen molar-refractivity contribution >= 4 is 17.6 Å². The van der Waals surface area contributed by atoms with Crippen LogP contribution in [-0.4, -0.2) is 44.4 Å². The Labute approximate surface area is 121 Å². The molecular formula is C14H17NO6. The van der Waals surface area contributed by atoms with Crippen molar-refractivity contribution in [1.29, 1.82) is 0 Å². The maximum atomic E-state index is 12.1. The van der Waals surface area contributed by atoms with Crippen molar-refractivity contribution in [2.45, 2.75) is 6.42 Å². The minimum absolute atomic E-state index is 0.0556. The summed E-state index contributed by atoms with van der Waals surface area (Å²) in [6.45, 7) is 0.886. The summed E-state index contributed by atoms with van der Waals surface area (Å²) < 4.78 is 15.3. The first-order valence-corrected chi connectivity index (χ1v) is 6.44. The quantitative estimate of drug-likeness (QED) is 0.852. The van der Waals surface area contributed by atoms with E-state index in [9.17, 15) is 14.7 Å². The highest BCUT2D eigenvalue weighted by molar-refractivity contribution is 6.02. The Hall–Kier alpha value is -2.28. The normalized spacial score (nSPS) is 17.3. The molecule has 0 spiro atoms. The molecule has 1 atom stereocenters. The molecule has 2 rings (SSSR count). The monoisotopic (exact) mass is 295 g/mol. The van der Waals surface area contributed by atoms with Crippen molar-refractivity contribution in [2.24, 2.45) is 5.92 Å². The lowest BCUT2D eigenvalue weighted by Crippen LogP contribution is -2.24. The van der Waals surface area contributed by atoms with Crippen LogP contribution in [-0.2, 0) is 9.53 Å². The van der Waals surface area contributed by atoms with Crippen LogP contribution in [0.5, 0.6) is 11.5 Å². The molecule has 1 aliphatic heterocycles. The van der Waals surface area contributed by atoms with Crippen LogP contribution in [0.25, 0.3) is 0 Å². The van der Waals surface area contributed by atoms with Gasteiger partial charge in [-0.15, -0.1) is 0 Å². The maximum absolute atomic E-state index is 12.1. The van der Waals surface area contributed by atoms with Gasteiger partial charge in [0, 0.05) is 18.7 Å². The number of carbonyl (C=O) groups excluding carboxylic acids is 1. The minimum Gasteiger partial charge on any atom is -0.493 e. The Balaban J connectivity index is 2.31. The number of carbonyl (C=O) groups is 2. The van der Waals surface area contributed by atoms with Crippen molar-refractivity contribution in [1.82, 2.24) is 0 Å². The third kappa shape index (κ3) is 3.25. The van der Waals surface area contributed by atoms with Gasteiger partial charge in [0.1, 0.15) is 0 Å². The number of methoxy groups -OCH3 is 2. The van der Waals surface area contributed by atoms with E-state index in [4.69, 9.17) is 14.2 Å². The number of hydrogen-bond acceptors (Lipinski definition) is 5. The Morgan fingerprint density at radius 1 is 1.29 bits per heavy atom. The van der Waals surface area contributed by atoms with E-state index in [1.54, 1.807) is 0 Å². The van der Waals surface area contributed by atoms with Gasteiger partial charge in [0.05, 0.1) is 38.0 Å². The molecule has 1 saturated heterocycles. The molecule has 0 aromatic heterocycles. The topological polar surface area (TPSA) is 94.1 Å². The number of anilines is 1. The molecule has 1 aromatic rings. The molecule has 0 aliphatic carbocycles. The first kappa shape index (κ1) is 15.1. The summed E-state index contributed by atoms with van der Waals surface area (Å²) >= 11 is 0. The molecule has 2 N–H and O–H groups in total. The van der Waals surface area contributed by atoms with Gasteiger partial charge >= 0.3 is 5.97 Å². The molecule has 1 aliphatic rings. The second-order valence-electron chi connectivity index (χ2n) is 4.61. The zero-order valence-corrected chi connectivity index (χ0v) is 11.8. The number of benzene rings is 1. The number of amides is 1. The zero-order valence-electron chi connectivity index (χ0n) is 11.8. The van der Waals surface area contributed by atoms with Gasteiger partial charge in [0.2, 0.25) is 5.91 Å². The van der Waals surface area contributed by atoms with Crippen molar-refractivity contribution in [2.75, 3.05) is 32.8 Å². The molecule has 1 heterocycles. The second-order valence-corrected chi connectivity index (χ2v) is 4.61. The highest BCUT2D eigenvalue weighted by Crippen LogP contribution is 2.33. The van der Waals surface area contributed by atoms with Crippen LogP contribution in [0.4, 0.5) is 5.69 Å². The Morgan fingerprint density at radius 2 is 1.95 bits per heavy atom. The highest BCUT2D eigenvalue weighted by Gasteiger charge is 2.25. The SMILES string of the molecule is COc1cc(NC(=O)C2CCOC2)c(C(=O)O)cc1OC. The first-order valence-electron chi connectivity index (χ1n) is 6.44. The van der Waals surface area contributed by atoms with Crippen LogP contribution < -0.4 is 14.8 Å². The van der Waals surface area contributed by atoms with E-state index in [0.717, 1.165) is 0 Å². The number of hydrogen-bond donors (Lipinski definition) is 2. The van der Waals surface area contributed by atoms with Gasteiger partial charge in [-0.3, -0.25) is 4.79 Å². The molecule has 7 nitrogen and oxygen atoms in total. The number of carboxylic acids is 1. The van der Waals surface area contributed by atoms with E-state index in [1.165, 1.54) is 26.4 Å². The Bertz CT molecular complexity index is 551. The maximum Gasteiger partial charge on any atom is 0.337 e. The van der Waals surface area contributed by atoms with E-state index in [2.05, 4.69) is 5.32 Å². The third-order valence-electron chi connectivity index (χ3n) is 3.31. The average Bonchev–Trinajstić information content (AvgIpc) is 3.00. The minimum atomic E-state index is -1.16. The number of aromatic carboxylic acids is 1.